The number of nitrogens with zero attached hydrogens (tertiary/aromatic N) is 4. The molecule has 4 aromatic rings. The minimum absolute atomic E-state index is 0.00976. The van der Waals surface area contributed by atoms with Crippen LogP contribution in [-0.2, 0) is 12.4 Å². The molecule has 0 amide bonds. The molecule has 1 fully saturated rings. The van der Waals surface area contributed by atoms with E-state index in [0.29, 0.717) is 43.6 Å². The molecule has 214 valence electrons. The molecule has 2 aromatic heterocycles. The number of para-hydroxylation sites is 1. The van der Waals surface area contributed by atoms with E-state index >= 15 is 0 Å². The number of alkyl halides is 8. The molecule has 6 rings (SSSR count). The van der Waals surface area contributed by atoms with E-state index in [-0.39, 0.29) is 27.7 Å². The minimum atomic E-state index is -4.70. The van der Waals surface area contributed by atoms with E-state index in [4.69, 9.17) is 0 Å². The zero-order valence-electron chi connectivity index (χ0n) is 21.3. The fourth-order valence-electron chi connectivity index (χ4n) is 5.90. The summed E-state index contributed by atoms with van der Waals surface area (Å²) in [7, 11) is 0. The first-order valence-electron chi connectivity index (χ1n) is 12.8. The van der Waals surface area contributed by atoms with E-state index in [1.165, 1.54) is 24.3 Å². The molecule has 1 saturated heterocycles. The van der Waals surface area contributed by atoms with Gasteiger partial charge in [-0.05, 0) is 66.6 Å². The molecule has 0 unspecified atom stereocenters. The largest absolute Gasteiger partial charge is 0.418 e. The first-order valence-corrected chi connectivity index (χ1v) is 12.8. The van der Waals surface area contributed by atoms with Crippen molar-refractivity contribution in [2.24, 2.45) is 5.41 Å². The number of allylic oxidation sites excluding steroid dienone is 2. The number of hydrogen-bond acceptors (Lipinski definition) is 3. The Morgan fingerprint density at radius 2 is 1.54 bits per heavy atom. The Hall–Kier alpha value is -3.96. The van der Waals surface area contributed by atoms with Gasteiger partial charge in [-0.1, -0.05) is 18.2 Å². The lowest BCUT2D eigenvalue weighted by atomic mass is 9.64. The van der Waals surface area contributed by atoms with Crippen LogP contribution in [0.1, 0.15) is 48.1 Å². The van der Waals surface area contributed by atoms with Gasteiger partial charge in [0.25, 0.3) is 6.43 Å². The lowest BCUT2D eigenvalue weighted by Crippen LogP contribution is -2.42. The van der Waals surface area contributed by atoms with E-state index in [0.717, 1.165) is 29.2 Å². The van der Waals surface area contributed by atoms with Crippen molar-refractivity contribution in [2.75, 3.05) is 18.0 Å². The molecule has 1 aliphatic carbocycles. The summed E-state index contributed by atoms with van der Waals surface area (Å²) in [6.45, 7) is 1.02. The van der Waals surface area contributed by atoms with Crippen LogP contribution in [0, 0.1) is 5.41 Å². The van der Waals surface area contributed by atoms with Gasteiger partial charge in [0, 0.05) is 30.4 Å². The molecule has 0 atom stereocenters. The maximum atomic E-state index is 13.9. The molecule has 12 heteroatoms. The predicted octanol–water partition coefficient (Wildman–Crippen LogP) is 8.47. The van der Waals surface area contributed by atoms with Crippen molar-refractivity contribution < 1.29 is 35.1 Å². The average Bonchev–Trinajstić information content (AvgIpc) is 3.35. The van der Waals surface area contributed by atoms with Crippen LogP contribution >= 0.6 is 0 Å². The molecule has 0 radical (unpaired) electrons. The number of aromatic nitrogens is 3. The van der Waals surface area contributed by atoms with Gasteiger partial charge in [0.05, 0.1) is 39.8 Å². The molecule has 41 heavy (non-hydrogen) atoms. The van der Waals surface area contributed by atoms with E-state index in [9.17, 15) is 35.1 Å². The highest BCUT2D eigenvalue weighted by Gasteiger charge is 2.43. The molecule has 0 N–H and O–H groups in total. The van der Waals surface area contributed by atoms with Gasteiger partial charge in [0.15, 0.2) is 0 Å². The maximum Gasteiger partial charge on any atom is 0.418 e. The fraction of sp³-hybridized carbons (Fsp3) is 0.310. The summed E-state index contributed by atoms with van der Waals surface area (Å²) in [4.78, 5) is 6.01. The van der Waals surface area contributed by atoms with E-state index in [1.807, 2.05) is 11.0 Å². The van der Waals surface area contributed by atoms with Crippen molar-refractivity contribution >= 4 is 22.2 Å². The third kappa shape index (κ3) is 4.82. The molecule has 4 nitrogen and oxygen atoms in total. The topological polar surface area (TPSA) is 34.0 Å². The van der Waals surface area contributed by atoms with Gasteiger partial charge in [-0.2, -0.15) is 31.4 Å². The zero-order chi connectivity index (χ0) is 29.2. The Balaban J connectivity index is 1.27. The van der Waals surface area contributed by atoms with Crippen LogP contribution in [-0.4, -0.2) is 27.9 Å². The van der Waals surface area contributed by atoms with Crippen molar-refractivity contribution in [1.29, 1.82) is 0 Å². The minimum Gasteiger partial charge on any atom is -0.371 e. The standard InChI is InChI=1S/C29H22F8N4/c30-26(31)20-16-39-41(24-4-2-1-3-22(24)29(35,36)37)25(20)17-14-27(15-17)8-11-40(12-9-27)18-5-6-23-19(13-18)21(7-10-38-23)28(32,33)34/h1-7,10,13-14,16,26H,8-9,11-12,15H2. The lowest BCUT2D eigenvalue weighted by molar-refractivity contribution is -0.138. The molecule has 1 aliphatic heterocycles. The third-order valence-corrected chi connectivity index (χ3v) is 7.95. The van der Waals surface area contributed by atoms with Gasteiger partial charge in [-0.25, -0.2) is 13.5 Å². The molecule has 1 spiro atoms. The van der Waals surface area contributed by atoms with Gasteiger partial charge >= 0.3 is 12.4 Å². The number of pyridine rings is 1. The van der Waals surface area contributed by atoms with Gasteiger partial charge in [0.1, 0.15) is 0 Å². The average molecular weight is 579 g/mol. The number of rotatable bonds is 4. The first kappa shape index (κ1) is 27.2. The summed E-state index contributed by atoms with van der Waals surface area (Å²) in [5, 5.41) is 3.93. The van der Waals surface area contributed by atoms with Gasteiger partial charge < -0.3 is 4.90 Å². The summed E-state index contributed by atoms with van der Waals surface area (Å²) >= 11 is 0. The number of anilines is 1. The first-order chi connectivity index (χ1) is 19.4. The molecule has 2 aliphatic rings. The van der Waals surface area contributed by atoms with E-state index in [2.05, 4.69) is 10.1 Å². The normalized spacial score (nSPS) is 17.3. The Labute approximate surface area is 228 Å². The number of benzene rings is 2. The Kier molecular flexibility index (Phi) is 6.35. The molecular formula is C29H22F8N4. The predicted molar refractivity (Wildman–Crippen MR) is 137 cm³/mol. The van der Waals surface area contributed by atoms with Crippen molar-refractivity contribution in [2.45, 2.75) is 38.0 Å². The molecule has 0 saturated carbocycles. The van der Waals surface area contributed by atoms with Crippen LogP contribution in [0.2, 0.25) is 0 Å². The van der Waals surface area contributed by atoms with Crippen molar-refractivity contribution in [3.63, 3.8) is 0 Å². The molecule has 0 bridgehead atoms. The smallest absolute Gasteiger partial charge is 0.371 e. The zero-order valence-corrected chi connectivity index (χ0v) is 21.3. The van der Waals surface area contributed by atoms with Gasteiger partial charge in [-0.3, -0.25) is 4.98 Å². The number of fused-ring (bicyclic) bond motifs is 1. The van der Waals surface area contributed by atoms with Crippen molar-refractivity contribution in [1.82, 2.24) is 14.8 Å². The quantitative estimate of drug-likeness (QED) is 0.228. The Bertz CT molecular complexity index is 1640. The highest BCUT2D eigenvalue weighted by molar-refractivity contribution is 5.86. The van der Waals surface area contributed by atoms with E-state index < -0.39 is 35.5 Å². The van der Waals surface area contributed by atoms with Crippen LogP contribution in [0.4, 0.5) is 40.8 Å². The number of piperidine rings is 1. The lowest BCUT2D eigenvalue weighted by Gasteiger charge is -2.47. The van der Waals surface area contributed by atoms with Crippen LogP contribution < -0.4 is 4.90 Å². The second-order valence-electron chi connectivity index (χ2n) is 10.4. The van der Waals surface area contributed by atoms with Gasteiger partial charge in [0.2, 0.25) is 0 Å². The third-order valence-electron chi connectivity index (χ3n) is 7.95. The Morgan fingerprint density at radius 1 is 0.854 bits per heavy atom. The fourth-order valence-corrected chi connectivity index (χ4v) is 5.90. The number of halogens is 8. The van der Waals surface area contributed by atoms with Gasteiger partial charge in [-0.15, -0.1) is 0 Å². The summed E-state index contributed by atoms with van der Waals surface area (Å²) < 4.78 is 110. The summed E-state index contributed by atoms with van der Waals surface area (Å²) in [5.41, 5.74) is -1.54. The second-order valence-corrected chi connectivity index (χ2v) is 10.4. The summed E-state index contributed by atoms with van der Waals surface area (Å²) in [6.07, 6.45) is -6.70. The second kappa shape index (κ2) is 9.56. The monoisotopic (exact) mass is 578 g/mol. The van der Waals surface area contributed by atoms with Crippen LogP contribution in [0.3, 0.4) is 0 Å². The summed E-state index contributed by atoms with van der Waals surface area (Å²) in [5.74, 6) is 0. The van der Waals surface area contributed by atoms with Crippen LogP contribution in [0.15, 0.2) is 67.0 Å². The number of hydrogen-bond donors (Lipinski definition) is 0. The SMILES string of the molecule is FC(F)c1cnn(-c2ccccc2C(F)(F)F)c1C1=CC2(CCN(c3ccc4nccc(C(F)(F)F)c4c3)CC2)C1. The maximum absolute atomic E-state index is 13.9. The van der Waals surface area contributed by atoms with Crippen molar-refractivity contribution in [3.8, 4) is 5.69 Å². The van der Waals surface area contributed by atoms with Crippen molar-refractivity contribution in [3.05, 3.63) is 89.4 Å². The van der Waals surface area contributed by atoms with E-state index in [1.54, 1.807) is 12.1 Å². The molecular weight excluding hydrogens is 556 g/mol. The summed E-state index contributed by atoms with van der Waals surface area (Å²) in [6, 6.07) is 10.4. The van der Waals surface area contributed by atoms with Crippen LogP contribution in [0.25, 0.3) is 22.2 Å². The highest BCUT2D eigenvalue weighted by atomic mass is 19.4. The van der Waals surface area contributed by atoms with Crippen LogP contribution in [0.5, 0.6) is 0 Å². The Morgan fingerprint density at radius 3 is 2.20 bits per heavy atom. The highest BCUT2D eigenvalue weighted by Crippen LogP contribution is 2.53. The molecule has 3 heterocycles. The molecule has 2 aromatic carbocycles.